The summed E-state index contributed by atoms with van der Waals surface area (Å²) in [4.78, 5) is 36.2. The molecule has 3 aromatic rings. The van der Waals surface area contributed by atoms with Gasteiger partial charge in [0.2, 0.25) is 17.8 Å². The summed E-state index contributed by atoms with van der Waals surface area (Å²) in [6.07, 6.45) is -8.63. The largest absolute Gasteiger partial charge is 0.481 e. The van der Waals surface area contributed by atoms with E-state index in [4.69, 9.17) is 26.3 Å². The van der Waals surface area contributed by atoms with E-state index in [9.17, 15) is 31.5 Å². The van der Waals surface area contributed by atoms with E-state index in [-0.39, 0.29) is 28.0 Å². The molecule has 2 heterocycles. The highest BCUT2D eigenvalue weighted by Gasteiger charge is 2.45. The van der Waals surface area contributed by atoms with Crippen LogP contribution in [0, 0.1) is 24.1 Å². The Labute approximate surface area is 210 Å². The summed E-state index contributed by atoms with van der Waals surface area (Å²) in [6.45, 7) is 2.22. The Bertz CT molecular complexity index is 1490. The molecule has 0 saturated carbocycles. The minimum Gasteiger partial charge on any atom is -0.481 e. The van der Waals surface area contributed by atoms with Crippen LogP contribution >= 0.6 is 11.6 Å². The third kappa shape index (κ3) is 5.67. The second-order valence-electron chi connectivity index (χ2n) is 7.45. The molecule has 3 rings (SSSR count). The van der Waals surface area contributed by atoms with E-state index in [0.717, 1.165) is 16.7 Å². The summed E-state index contributed by atoms with van der Waals surface area (Å²) in [5, 5.41) is 8.80. The van der Waals surface area contributed by atoms with Crippen LogP contribution in [0.1, 0.15) is 46.2 Å². The SMILES string of the molecule is COc1nc(C(C)=O)nc(C)c1Cn1cnc(C(F)C(F)(F)F)c(Oc2cc(Cl)cc(C#N)c2F)c1=O. The van der Waals surface area contributed by atoms with Crippen LogP contribution in [-0.4, -0.2) is 38.6 Å². The highest BCUT2D eigenvalue weighted by Crippen LogP contribution is 2.39. The summed E-state index contributed by atoms with van der Waals surface area (Å²) in [5.41, 5.74) is -3.12. The van der Waals surface area contributed by atoms with Gasteiger partial charge in [-0.15, -0.1) is 0 Å². The van der Waals surface area contributed by atoms with Gasteiger partial charge in [-0.1, -0.05) is 11.6 Å². The summed E-state index contributed by atoms with van der Waals surface area (Å²) in [5.74, 6) is -4.32. The Hall–Kier alpha value is -4.12. The number of alkyl halides is 4. The quantitative estimate of drug-likeness (QED) is 0.312. The van der Waals surface area contributed by atoms with Crippen molar-refractivity contribution >= 4 is 17.4 Å². The lowest BCUT2D eigenvalue weighted by Gasteiger charge is -2.18. The molecule has 1 aromatic carbocycles. The van der Waals surface area contributed by atoms with Crippen LogP contribution in [0.4, 0.5) is 22.0 Å². The standard InChI is InChI=1S/C22H15ClF5N5O4/c1-9-13(20(36-3)32-19(31-9)10(2)34)7-33-8-30-16(18(25)22(26,27)28)17(21(33)35)37-14-5-12(23)4-11(6-29)15(14)24/h4-5,8,18H,7H2,1-3H3. The Balaban J connectivity index is 2.20. The molecule has 0 aliphatic heterocycles. The van der Waals surface area contributed by atoms with Gasteiger partial charge in [0, 0.05) is 18.0 Å². The van der Waals surface area contributed by atoms with Gasteiger partial charge in [0.15, 0.2) is 23.2 Å². The molecule has 0 aliphatic rings. The van der Waals surface area contributed by atoms with Gasteiger partial charge in [0.1, 0.15) is 11.8 Å². The van der Waals surface area contributed by atoms with Crippen molar-refractivity contribution in [3.63, 3.8) is 0 Å². The van der Waals surface area contributed by atoms with E-state index in [1.54, 1.807) is 0 Å². The molecule has 0 fully saturated rings. The van der Waals surface area contributed by atoms with Crippen LogP contribution in [0.15, 0.2) is 23.3 Å². The van der Waals surface area contributed by atoms with Gasteiger partial charge in [-0.3, -0.25) is 14.2 Å². The number of ether oxygens (including phenoxy) is 2. The Kier molecular flexibility index (Phi) is 7.77. The lowest BCUT2D eigenvalue weighted by molar-refractivity contribution is -0.184. The zero-order valence-corrected chi connectivity index (χ0v) is 19.9. The number of rotatable bonds is 7. The van der Waals surface area contributed by atoms with E-state index in [0.29, 0.717) is 6.33 Å². The van der Waals surface area contributed by atoms with E-state index in [1.165, 1.54) is 27.0 Å². The number of hydrogen-bond acceptors (Lipinski definition) is 8. The molecule has 194 valence electrons. The first-order chi connectivity index (χ1) is 17.3. The molecular weight excluding hydrogens is 529 g/mol. The molecule has 0 spiro atoms. The Morgan fingerprint density at radius 3 is 2.54 bits per heavy atom. The third-order valence-corrected chi connectivity index (χ3v) is 5.12. The first kappa shape index (κ1) is 27.5. The smallest absolute Gasteiger partial charge is 0.425 e. The number of nitrogens with zero attached hydrogens (tertiary/aromatic N) is 5. The van der Waals surface area contributed by atoms with Gasteiger partial charge in [0.25, 0.3) is 5.56 Å². The van der Waals surface area contributed by atoms with Crippen molar-refractivity contribution in [2.45, 2.75) is 32.7 Å². The van der Waals surface area contributed by atoms with Crippen LogP contribution in [0.3, 0.4) is 0 Å². The number of hydrogen-bond donors (Lipinski definition) is 0. The highest BCUT2D eigenvalue weighted by molar-refractivity contribution is 6.30. The lowest BCUT2D eigenvalue weighted by atomic mass is 10.2. The summed E-state index contributed by atoms with van der Waals surface area (Å²) >= 11 is 5.80. The second kappa shape index (κ2) is 10.5. The highest BCUT2D eigenvalue weighted by atomic mass is 35.5. The number of ketones is 1. The van der Waals surface area contributed by atoms with E-state index < -0.39 is 58.8 Å². The van der Waals surface area contributed by atoms with Crippen molar-refractivity contribution in [2.24, 2.45) is 0 Å². The molecule has 0 aliphatic carbocycles. The molecule has 1 atom stereocenters. The minimum atomic E-state index is -5.48. The fourth-order valence-electron chi connectivity index (χ4n) is 3.11. The van der Waals surface area contributed by atoms with E-state index in [1.807, 2.05) is 0 Å². The van der Waals surface area contributed by atoms with Crippen molar-refractivity contribution in [2.75, 3.05) is 7.11 Å². The summed E-state index contributed by atoms with van der Waals surface area (Å²) in [6, 6.07) is 3.18. The number of benzene rings is 1. The molecule has 2 aromatic heterocycles. The molecule has 37 heavy (non-hydrogen) atoms. The fraction of sp³-hybridized carbons (Fsp3) is 0.273. The number of methoxy groups -OCH3 is 1. The maximum atomic E-state index is 14.6. The predicted octanol–water partition coefficient (Wildman–Crippen LogP) is 4.63. The average molecular weight is 544 g/mol. The van der Waals surface area contributed by atoms with Crippen molar-refractivity contribution in [3.05, 3.63) is 68.0 Å². The molecular formula is C22H15ClF5N5O4. The average Bonchev–Trinajstić information content (AvgIpc) is 2.83. The van der Waals surface area contributed by atoms with E-state index in [2.05, 4.69) is 15.0 Å². The van der Waals surface area contributed by atoms with Gasteiger partial charge < -0.3 is 9.47 Å². The van der Waals surface area contributed by atoms with Crippen LogP contribution in [0.2, 0.25) is 5.02 Å². The Morgan fingerprint density at radius 2 is 1.97 bits per heavy atom. The summed E-state index contributed by atoms with van der Waals surface area (Å²) in [7, 11) is 1.22. The number of carbonyl (C=O) groups excluding carboxylic acids is 1. The topological polar surface area (TPSA) is 120 Å². The number of aromatic nitrogens is 4. The van der Waals surface area contributed by atoms with Gasteiger partial charge in [-0.2, -0.15) is 23.4 Å². The van der Waals surface area contributed by atoms with Crippen molar-refractivity contribution in [3.8, 4) is 23.4 Å². The van der Waals surface area contributed by atoms with Crippen LogP contribution in [0.25, 0.3) is 0 Å². The van der Waals surface area contributed by atoms with Crippen molar-refractivity contribution in [1.29, 1.82) is 5.26 Å². The number of halogens is 6. The van der Waals surface area contributed by atoms with E-state index >= 15 is 0 Å². The minimum absolute atomic E-state index is 0.116. The van der Waals surface area contributed by atoms with Crippen molar-refractivity contribution < 1.29 is 36.2 Å². The monoisotopic (exact) mass is 543 g/mol. The van der Waals surface area contributed by atoms with Gasteiger partial charge >= 0.3 is 6.18 Å². The number of Topliss-reactive ketones (excluding diaryl/α,β-unsaturated/α-hetero) is 1. The van der Waals surface area contributed by atoms with Crippen molar-refractivity contribution in [1.82, 2.24) is 19.5 Å². The molecule has 0 saturated heterocycles. The third-order valence-electron chi connectivity index (χ3n) is 4.90. The van der Waals surface area contributed by atoms with Crippen LogP contribution < -0.4 is 15.0 Å². The lowest BCUT2D eigenvalue weighted by Crippen LogP contribution is -2.28. The van der Waals surface area contributed by atoms with Crippen LogP contribution in [-0.2, 0) is 6.54 Å². The van der Waals surface area contributed by atoms with Crippen LogP contribution in [0.5, 0.6) is 17.4 Å². The molecule has 0 N–H and O–H groups in total. The van der Waals surface area contributed by atoms with Gasteiger partial charge in [0.05, 0.1) is 36.8 Å². The van der Waals surface area contributed by atoms with Gasteiger partial charge in [-0.05, 0) is 13.0 Å². The number of aryl methyl sites for hydroxylation is 1. The first-order valence-electron chi connectivity index (χ1n) is 10.1. The normalized spacial score (nSPS) is 12.1. The zero-order valence-electron chi connectivity index (χ0n) is 19.2. The molecule has 1 unspecified atom stereocenters. The predicted molar refractivity (Wildman–Crippen MR) is 117 cm³/mol. The Morgan fingerprint density at radius 1 is 1.30 bits per heavy atom. The first-order valence-corrected chi connectivity index (χ1v) is 10.5. The summed E-state index contributed by atoms with van der Waals surface area (Å²) < 4.78 is 79.4. The maximum Gasteiger partial charge on any atom is 0.425 e. The number of nitriles is 1. The zero-order chi connectivity index (χ0) is 27.7. The molecule has 0 bridgehead atoms. The van der Waals surface area contributed by atoms with Gasteiger partial charge in [-0.25, -0.2) is 18.7 Å². The maximum absolute atomic E-state index is 14.6. The molecule has 9 nitrogen and oxygen atoms in total. The fourth-order valence-corrected chi connectivity index (χ4v) is 3.31. The second-order valence-corrected chi connectivity index (χ2v) is 7.89. The molecule has 15 heteroatoms. The number of carbonyl (C=O) groups is 1. The molecule has 0 amide bonds. The molecule has 0 radical (unpaired) electrons.